The molecule has 4 rings (SSSR count). The zero-order valence-corrected chi connectivity index (χ0v) is 18.7. The predicted octanol–water partition coefficient (Wildman–Crippen LogP) is 4.95. The average molecular weight is 435 g/mol. The van der Waals surface area contributed by atoms with E-state index in [0.29, 0.717) is 17.7 Å². The normalized spacial score (nSPS) is 15.6. The number of para-hydroxylation sites is 1. The van der Waals surface area contributed by atoms with E-state index in [4.69, 9.17) is 0 Å². The van der Waals surface area contributed by atoms with E-state index in [0.717, 1.165) is 28.8 Å². The molecule has 1 amide bonds. The zero-order valence-electron chi connectivity index (χ0n) is 17.9. The zero-order chi connectivity index (χ0) is 22.2. The number of carbonyl (C=O) groups excluding carboxylic acids is 1. The molecule has 160 valence electrons. The van der Waals surface area contributed by atoms with Crippen molar-refractivity contribution >= 4 is 27.3 Å². The molecule has 1 aliphatic heterocycles. The molecule has 0 saturated heterocycles. The second-order valence-electron chi connectivity index (χ2n) is 7.93. The van der Waals surface area contributed by atoms with Crippen LogP contribution in [-0.4, -0.2) is 20.4 Å². The van der Waals surface area contributed by atoms with Crippen molar-refractivity contribution in [2.24, 2.45) is 0 Å². The Morgan fingerprint density at radius 2 is 1.81 bits per heavy atom. The molecule has 0 spiro atoms. The Balaban J connectivity index is 1.65. The second-order valence-corrected chi connectivity index (χ2v) is 9.74. The van der Waals surface area contributed by atoms with E-state index in [1.807, 2.05) is 38.1 Å². The van der Waals surface area contributed by atoms with Crippen molar-refractivity contribution in [2.45, 2.75) is 44.6 Å². The van der Waals surface area contributed by atoms with Gasteiger partial charge in [-0.05, 0) is 73.7 Å². The Hall–Kier alpha value is -3.12. The molecular weight excluding hydrogens is 408 g/mol. The highest BCUT2D eigenvalue weighted by Gasteiger charge is 2.36. The maximum absolute atomic E-state index is 13.2. The number of nitrogens with zero attached hydrogens (tertiary/aromatic N) is 1. The lowest BCUT2D eigenvalue weighted by Crippen LogP contribution is -2.35. The molecule has 1 aliphatic rings. The summed E-state index contributed by atoms with van der Waals surface area (Å²) in [6.45, 7) is 5.93. The van der Waals surface area contributed by atoms with E-state index in [1.165, 1.54) is 4.31 Å². The summed E-state index contributed by atoms with van der Waals surface area (Å²) in [6, 6.07) is 19.5. The highest BCUT2D eigenvalue weighted by molar-refractivity contribution is 7.92. The maximum Gasteiger partial charge on any atom is 0.264 e. The van der Waals surface area contributed by atoms with E-state index < -0.39 is 10.0 Å². The number of nitrogens with one attached hydrogen (secondary N) is 1. The first-order chi connectivity index (χ1) is 14.8. The van der Waals surface area contributed by atoms with Gasteiger partial charge in [0.05, 0.1) is 10.6 Å². The molecular formula is C25H26N2O3S. The van der Waals surface area contributed by atoms with Gasteiger partial charge in [-0.1, -0.05) is 43.3 Å². The number of aryl methyl sites for hydroxylation is 2. The van der Waals surface area contributed by atoms with Crippen molar-refractivity contribution in [3.05, 3.63) is 89.0 Å². The third-order valence-electron chi connectivity index (χ3n) is 5.77. The molecule has 0 aromatic heterocycles. The van der Waals surface area contributed by atoms with Crippen molar-refractivity contribution in [3.63, 3.8) is 0 Å². The van der Waals surface area contributed by atoms with Crippen LogP contribution in [0.15, 0.2) is 71.6 Å². The lowest BCUT2D eigenvalue weighted by Gasteiger charge is -2.24. The first kappa shape index (κ1) is 21.1. The largest absolute Gasteiger partial charge is 0.321 e. The summed E-state index contributed by atoms with van der Waals surface area (Å²) in [5.41, 5.74) is 4.97. The Labute approximate surface area is 183 Å². The van der Waals surface area contributed by atoms with Crippen LogP contribution < -0.4 is 9.62 Å². The van der Waals surface area contributed by atoms with E-state index in [2.05, 4.69) is 12.2 Å². The summed E-state index contributed by atoms with van der Waals surface area (Å²) in [7, 11) is -3.66. The molecule has 6 heteroatoms. The SMILES string of the molecule is CCc1cccc(C)c1NC(=O)c1ccc2c(c1)C[C@H](C)N2S(=O)(=O)c1ccccc1. The predicted molar refractivity (Wildman–Crippen MR) is 124 cm³/mol. The van der Waals surface area contributed by atoms with Crippen molar-refractivity contribution in [1.29, 1.82) is 0 Å². The molecule has 3 aromatic carbocycles. The van der Waals surface area contributed by atoms with Gasteiger partial charge in [0.25, 0.3) is 15.9 Å². The van der Waals surface area contributed by atoms with Crippen LogP contribution in [0.3, 0.4) is 0 Å². The minimum Gasteiger partial charge on any atom is -0.321 e. The summed E-state index contributed by atoms with van der Waals surface area (Å²) in [6.07, 6.45) is 1.39. The molecule has 0 radical (unpaired) electrons. The number of amides is 1. The standard InChI is InChI=1S/C25H26N2O3S/c1-4-19-10-8-9-17(2)24(19)26-25(28)20-13-14-23-21(16-20)15-18(3)27(23)31(29,30)22-11-6-5-7-12-22/h5-14,16,18H,4,15H2,1-3H3,(H,26,28)/t18-/m0/s1. The van der Waals surface area contributed by atoms with Crippen LogP contribution in [0, 0.1) is 6.92 Å². The minimum absolute atomic E-state index is 0.191. The van der Waals surface area contributed by atoms with Crippen LogP contribution in [0.2, 0.25) is 0 Å². The quantitative estimate of drug-likeness (QED) is 0.618. The van der Waals surface area contributed by atoms with E-state index >= 15 is 0 Å². The average Bonchev–Trinajstić information content (AvgIpc) is 3.11. The second kappa shape index (κ2) is 8.19. The molecule has 1 heterocycles. The number of fused-ring (bicyclic) bond motifs is 1. The number of carbonyl (C=O) groups is 1. The van der Waals surface area contributed by atoms with Crippen LogP contribution in [0.4, 0.5) is 11.4 Å². The van der Waals surface area contributed by atoms with Crippen molar-refractivity contribution in [1.82, 2.24) is 0 Å². The van der Waals surface area contributed by atoms with Gasteiger partial charge in [-0.15, -0.1) is 0 Å². The Morgan fingerprint density at radius 1 is 1.06 bits per heavy atom. The summed E-state index contributed by atoms with van der Waals surface area (Å²) >= 11 is 0. The summed E-state index contributed by atoms with van der Waals surface area (Å²) in [4.78, 5) is 13.2. The number of sulfonamides is 1. The summed E-state index contributed by atoms with van der Waals surface area (Å²) in [5.74, 6) is -0.191. The number of benzene rings is 3. The monoisotopic (exact) mass is 434 g/mol. The first-order valence-corrected chi connectivity index (χ1v) is 11.9. The molecule has 0 bridgehead atoms. The first-order valence-electron chi connectivity index (χ1n) is 10.4. The van der Waals surface area contributed by atoms with Crippen LogP contribution >= 0.6 is 0 Å². The summed E-state index contributed by atoms with van der Waals surface area (Å²) in [5, 5.41) is 3.04. The number of anilines is 2. The van der Waals surface area contributed by atoms with Gasteiger partial charge < -0.3 is 5.32 Å². The number of hydrogen-bond donors (Lipinski definition) is 1. The van der Waals surface area contributed by atoms with E-state index in [9.17, 15) is 13.2 Å². The number of rotatable bonds is 5. The minimum atomic E-state index is -3.66. The molecule has 3 aromatic rings. The highest BCUT2D eigenvalue weighted by Crippen LogP contribution is 2.37. The molecule has 0 saturated carbocycles. The van der Waals surface area contributed by atoms with Gasteiger partial charge in [0, 0.05) is 17.3 Å². The van der Waals surface area contributed by atoms with E-state index in [1.54, 1.807) is 42.5 Å². The Kier molecular flexibility index (Phi) is 5.58. The Morgan fingerprint density at radius 3 is 2.52 bits per heavy atom. The molecule has 0 aliphatic carbocycles. The smallest absolute Gasteiger partial charge is 0.264 e. The maximum atomic E-state index is 13.2. The van der Waals surface area contributed by atoms with Crippen LogP contribution in [0.5, 0.6) is 0 Å². The topological polar surface area (TPSA) is 66.5 Å². The van der Waals surface area contributed by atoms with Gasteiger partial charge in [-0.3, -0.25) is 9.10 Å². The van der Waals surface area contributed by atoms with Crippen molar-refractivity contribution < 1.29 is 13.2 Å². The van der Waals surface area contributed by atoms with Gasteiger partial charge in [0.2, 0.25) is 0 Å². The van der Waals surface area contributed by atoms with Gasteiger partial charge >= 0.3 is 0 Å². The van der Waals surface area contributed by atoms with Crippen LogP contribution in [-0.2, 0) is 22.9 Å². The van der Waals surface area contributed by atoms with Gasteiger partial charge in [-0.2, -0.15) is 0 Å². The molecule has 31 heavy (non-hydrogen) atoms. The third-order valence-corrected chi connectivity index (χ3v) is 7.72. The Bertz CT molecular complexity index is 1240. The molecule has 5 nitrogen and oxygen atoms in total. The molecule has 1 N–H and O–H groups in total. The lowest BCUT2D eigenvalue weighted by atomic mass is 10.0. The van der Waals surface area contributed by atoms with Crippen molar-refractivity contribution in [3.8, 4) is 0 Å². The van der Waals surface area contributed by atoms with Gasteiger partial charge in [0.15, 0.2) is 0 Å². The molecule has 1 atom stereocenters. The van der Waals surface area contributed by atoms with Crippen LogP contribution in [0.25, 0.3) is 0 Å². The fourth-order valence-electron chi connectivity index (χ4n) is 4.20. The van der Waals surface area contributed by atoms with E-state index in [-0.39, 0.29) is 16.8 Å². The highest BCUT2D eigenvalue weighted by atomic mass is 32.2. The fraction of sp³-hybridized carbons (Fsp3) is 0.240. The van der Waals surface area contributed by atoms with Gasteiger partial charge in [-0.25, -0.2) is 8.42 Å². The lowest BCUT2D eigenvalue weighted by molar-refractivity contribution is 0.102. The summed E-state index contributed by atoms with van der Waals surface area (Å²) < 4.78 is 27.9. The van der Waals surface area contributed by atoms with Crippen LogP contribution in [0.1, 0.15) is 40.9 Å². The molecule has 0 fully saturated rings. The van der Waals surface area contributed by atoms with Crippen molar-refractivity contribution in [2.75, 3.05) is 9.62 Å². The van der Waals surface area contributed by atoms with Gasteiger partial charge in [0.1, 0.15) is 0 Å². The number of hydrogen-bond acceptors (Lipinski definition) is 3. The third kappa shape index (κ3) is 3.83. The fourth-order valence-corrected chi connectivity index (χ4v) is 5.92. The molecule has 0 unspecified atom stereocenters.